The van der Waals surface area contributed by atoms with E-state index in [2.05, 4.69) is 0 Å². The minimum absolute atomic E-state index is 0.239. The quantitative estimate of drug-likeness (QED) is 0.132. The summed E-state index contributed by atoms with van der Waals surface area (Å²) in [6, 6.07) is 45.1. The summed E-state index contributed by atoms with van der Waals surface area (Å²) in [5.41, 5.74) is 1.70. The number of benzene rings is 5. The van der Waals surface area contributed by atoms with E-state index in [4.69, 9.17) is 39.4 Å². The van der Waals surface area contributed by atoms with Crippen LogP contribution in [0.1, 0.15) is 11.1 Å². The molecule has 0 aliphatic heterocycles. The molecule has 0 atom stereocenters. The Kier molecular flexibility index (Phi) is 8.03. The van der Waals surface area contributed by atoms with E-state index in [0.717, 1.165) is 21.5 Å². The fourth-order valence-corrected chi connectivity index (χ4v) is 11.8. The predicted octanol–water partition coefficient (Wildman–Crippen LogP) is 9.06. The van der Waals surface area contributed by atoms with Gasteiger partial charge >= 0.3 is 244 Å². The van der Waals surface area contributed by atoms with Crippen LogP contribution in [0, 0.1) is 5.82 Å². The van der Waals surface area contributed by atoms with Gasteiger partial charge in [0.05, 0.1) is 0 Å². The molecule has 0 heterocycles. The van der Waals surface area contributed by atoms with Gasteiger partial charge in [0, 0.05) is 0 Å². The van der Waals surface area contributed by atoms with Crippen LogP contribution >= 0.6 is 40.4 Å². The van der Waals surface area contributed by atoms with E-state index in [-0.39, 0.29) is 16.0 Å². The zero-order valence-electron chi connectivity index (χ0n) is 20.8. The van der Waals surface area contributed by atoms with E-state index in [1.165, 1.54) is 12.1 Å². The normalized spacial score (nSPS) is 13.7. The van der Waals surface area contributed by atoms with Gasteiger partial charge in [-0.05, 0) is 0 Å². The second kappa shape index (κ2) is 11.5. The molecule has 194 valence electrons. The van der Waals surface area contributed by atoms with E-state index in [1.54, 1.807) is 12.1 Å². The van der Waals surface area contributed by atoms with Gasteiger partial charge in [0.1, 0.15) is 0 Å². The Morgan fingerprint density at radius 3 is 1.31 bits per heavy atom. The first kappa shape index (κ1) is 27.3. The zero-order valence-corrected chi connectivity index (χ0v) is 23.9. The molecule has 0 amide bonds. The topological polar surface area (TPSA) is 12.4 Å². The summed E-state index contributed by atoms with van der Waals surface area (Å²) in [6.07, 6.45) is 0. The van der Waals surface area contributed by atoms with Crippen LogP contribution in [0.15, 0.2) is 156 Å². The molecule has 0 saturated carbocycles. The van der Waals surface area contributed by atoms with Gasteiger partial charge in [-0.2, -0.15) is 0 Å². The standard InChI is InChI=1S/C33H24Cl3FNP/c34-31(25-21-23-27(37)24-22-25)33(38-32(35)26-13-5-1-6-14-26)39(36,28-15-7-2-8-16-28,29-17-9-3-10-18-29)30-19-11-4-12-20-30/h1-24H/b33-31+,38-32-. The number of aliphatic imine (C=N–C) groups is 1. The van der Waals surface area contributed by atoms with Crippen molar-refractivity contribution < 1.29 is 4.39 Å². The fourth-order valence-electron chi connectivity index (χ4n) is 4.72. The van der Waals surface area contributed by atoms with Gasteiger partial charge in [0.2, 0.25) is 0 Å². The Morgan fingerprint density at radius 2 is 0.897 bits per heavy atom. The number of hydrogen-bond donors (Lipinski definition) is 0. The number of halogens is 4. The third kappa shape index (κ3) is 4.95. The Balaban J connectivity index is 2.01. The molecule has 0 aliphatic carbocycles. The van der Waals surface area contributed by atoms with Gasteiger partial charge in [-0.15, -0.1) is 0 Å². The molecule has 0 N–H and O–H groups in total. The van der Waals surface area contributed by atoms with Crippen LogP contribution in [0.25, 0.3) is 5.03 Å². The van der Waals surface area contributed by atoms with E-state index < -0.39 is 5.96 Å². The molecule has 0 aromatic heterocycles. The molecular weight excluding hydrogens is 567 g/mol. The molecule has 0 unspecified atom stereocenters. The number of nitrogens with zero attached hydrogens (tertiary/aromatic N) is 1. The van der Waals surface area contributed by atoms with Crippen molar-refractivity contribution in [2.75, 3.05) is 0 Å². The van der Waals surface area contributed by atoms with Gasteiger partial charge in [0.15, 0.2) is 0 Å². The molecule has 0 spiro atoms. The van der Waals surface area contributed by atoms with Crippen molar-refractivity contribution in [1.82, 2.24) is 0 Å². The molecule has 0 fully saturated rings. The molecule has 5 rings (SSSR count). The first-order chi connectivity index (χ1) is 18.9. The van der Waals surface area contributed by atoms with Crippen molar-refractivity contribution in [2.24, 2.45) is 4.99 Å². The molecule has 5 aromatic rings. The molecular formula is C33H24Cl3FNP. The van der Waals surface area contributed by atoms with Gasteiger partial charge in [-0.3, -0.25) is 0 Å². The zero-order chi connectivity index (χ0) is 27.3. The Hall–Kier alpha value is -3.26. The average molecular weight is 591 g/mol. The summed E-state index contributed by atoms with van der Waals surface area (Å²) in [7, 11) is 0. The third-order valence-electron chi connectivity index (χ3n) is 6.63. The van der Waals surface area contributed by atoms with Crippen molar-refractivity contribution in [3.8, 4) is 0 Å². The van der Waals surface area contributed by atoms with Crippen LogP contribution in [-0.2, 0) is 0 Å². The summed E-state index contributed by atoms with van der Waals surface area (Å²) in [4.78, 5) is 5.08. The van der Waals surface area contributed by atoms with Crippen molar-refractivity contribution >= 4 is 66.5 Å². The fraction of sp³-hybridized carbons (Fsp3) is 0. The first-order valence-electron chi connectivity index (χ1n) is 12.3. The summed E-state index contributed by atoms with van der Waals surface area (Å²) < 4.78 is 14.0. The van der Waals surface area contributed by atoms with Crippen LogP contribution < -0.4 is 15.9 Å². The van der Waals surface area contributed by atoms with Crippen LogP contribution in [0.5, 0.6) is 0 Å². The van der Waals surface area contributed by atoms with E-state index in [9.17, 15) is 4.39 Å². The van der Waals surface area contributed by atoms with Crippen LogP contribution in [0.4, 0.5) is 4.39 Å². The van der Waals surface area contributed by atoms with Crippen LogP contribution in [0.2, 0.25) is 0 Å². The Labute approximate surface area is 242 Å². The summed E-state index contributed by atoms with van der Waals surface area (Å²) in [5, 5.41) is 3.06. The van der Waals surface area contributed by atoms with Crippen LogP contribution in [0.3, 0.4) is 0 Å². The van der Waals surface area contributed by atoms with Crippen molar-refractivity contribution in [1.29, 1.82) is 0 Å². The van der Waals surface area contributed by atoms with Gasteiger partial charge in [-0.1, -0.05) is 0 Å². The molecule has 0 aliphatic rings. The number of rotatable bonds is 7. The first-order valence-corrected chi connectivity index (χ1v) is 16.2. The van der Waals surface area contributed by atoms with Gasteiger partial charge in [0.25, 0.3) is 0 Å². The minimum atomic E-state index is -4.19. The summed E-state index contributed by atoms with van der Waals surface area (Å²) in [5.74, 6) is -4.56. The number of hydrogen-bond acceptors (Lipinski definition) is 1. The summed E-state index contributed by atoms with van der Waals surface area (Å²) in [6.45, 7) is 0. The molecule has 5 aromatic carbocycles. The SMILES string of the molecule is Fc1ccc(/C(Cl)=C(/N=C(\Cl)c2ccccc2)P(Cl)(c2ccccc2)(c2ccccc2)c2ccccc2)cc1. The van der Waals surface area contributed by atoms with E-state index in [0.29, 0.717) is 11.0 Å². The van der Waals surface area contributed by atoms with Gasteiger partial charge < -0.3 is 0 Å². The van der Waals surface area contributed by atoms with Crippen molar-refractivity contribution in [3.63, 3.8) is 0 Å². The van der Waals surface area contributed by atoms with E-state index in [1.807, 2.05) is 121 Å². The third-order valence-corrected chi connectivity index (χ3v) is 14.6. The predicted molar refractivity (Wildman–Crippen MR) is 169 cm³/mol. The molecule has 39 heavy (non-hydrogen) atoms. The Bertz CT molecular complexity index is 1520. The second-order valence-corrected chi connectivity index (χ2v) is 15.7. The molecule has 0 saturated heterocycles. The molecule has 0 radical (unpaired) electrons. The van der Waals surface area contributed by atoms with Crippen molar-refractivity contribution in [2.45, 2.75) is 0 Å². The molecule has 6 heteroatoms. The second-order valence-electron chi connectivity index (χ2n) is 8.93. The van der Waals surface area contributed by atoms with Crippen LogP contribution in [-0.4, -0.2) is 5.17 Å². The maximum absolute atomic E-state index is 14.0. The van der Waals surface area contributed by atoms with E-state index >= 15 is 0 Å². The van der Waals surface area contributed by atoms with Crippen molar-refractivity contribution in [3.05, 3.63) is 168 Å². The maximum atomic E-state index is 14.0. The molecule has 1 nitrogen and oxygen atoms in total. The van der Waals surface area contributed by atoms with Gasteiger partial charge in [-0.25, -0.2) is 0 Å². The Morgan fingerprint density at radius 1 is 0.513 bits per heavy atom. The molecule has 0 bridgehead atoms. The summed E-state index contributed by atoms with van der Waals surface area (Å²) >= 11 is 22.7. The average Bonchev–Trinajstić information content (AvgIpc) is 3.01. The monoisotopic (exact) mass is 589 g/mol.